The van der Waals surface area contributed by atoms with Crippen LogP contribution in [-0.2, 0) is 4.74 Å². The van der Waals surface area contributed by atoms with Crippen LogP contribution in [-0.4, -0.2) is 49.3 Å². The summed E-state index contributed by atoms with van der Waals surface area (Å²) < 4.78 is 5.47. The predicted octanol–water partition coefficient (Wildman–Crippen LogP) is 2.02. The fourth-order valence-electron chi connectivity index (χ4n) is 4.13. The van der Waals surface area contributed by atoms with Crippen molar-refractivity contribution in [3.05, 3.63) is 0 Å². The molecule has 0 aromatic heterocycles. The van der Waals surface area contributed by atoms with Crippen molar-refractivity contribution < 1.29 is 4.74 Å². The molecule has 0 aromatic rings. The summed E-state index contributed by atoms with van der Waals surface area (Å²) in [6.07, 6.45) is 8.12. The van der Waals surface area contributed by atoms with Crippen LogP contribution < -0.4 is 5.32 Å². The zero-order valence-electron chi connectivity index (χ0n) is 11.7. The molecule has 3 fully saturated rings. The minimum absolute atomic E-state index is 0.667. The van der Waals surface area contributed by atoms with E-state index >= 15 is 0 Å². The first-order valence-electron chi connectivity index (χ1n) is 7.92. The van der Waals surface area contributed by atoms with Crippen LogP contribution in [0, 0.1) is 5.92 Å². The summed E-state index contributed by atoms with van der Waals surface area (Å²) in [5.74, 6) is 0.830. The van der Waals surface area contributed by atoms with E-state index in [0.29, 0.717) is 6.04 Å². The molecule has 3 heteroatoms. The molecule has 3 rings (SSSR count). The second-order valence-electron chi connectivity index (χ2n) is 6.40. The Morgan fingerprint density at radius 3 is 2.72 bits per heavy atom. The quantitative estimate of drug-likeness (QED) is 0.831. The number of piperidine rings is 1. The van der Waals surface area contributed by atoms with Crippen LogP contribution in [0.3, 0.4) is 0 Å². The number of rotatable bonds is 3. The van der Waals surface area contributed by atoms with Gasteiger partial charge in [-0.3, -0.25) is 4.90 Å². The van der Waals surface area contributed by atoms with Crippen molar-refractivity contribution in [2.45, 2.75) is 63.6 Å². The van der Waals surface area contributed by atoms with Gasteiger partial charge >= 0.3 is 0 Å². The second-order valence-corrected chi connectivity index (χ2v) is 6.40. The molecule has 1 N–H and O–H groups in total. The number of nitrogens with zero attached hydrogens (tertiary/aromatic N) is 1. The molecule has 3 saturated heterocycles. The molecule has 0 aromatic carbocycles. The largest absolute Gasteiger partial charge is 0.381 e. The summed E-state index contributed by atoms with van der Waals surface area (Å²) in [6.45, 7) is 6.99. The molecule has 0 aliphatic carbocycles. The molecule has 0 bridgehead atoms. The molecule has 3 heterocycles. The van der Waals surface area contributed by atoms with Gasteiger partial charge in [-0.2, -0.15) is 0 Å². The minimum atomic E-state index is 0.667. The second kappa shape index (κ2) is 5.89. The van der Waals surface area contributed by atoms with Crippen molar-refractivity contribution in [1.29, 1.82) is 0 Å². The Kier molecular flexibility index (Phi) is 4.22. The van der Waals surface area contributed by atoms with Gasteiger partial charge in [0.25, 0.3) is 0 Å². The highest BCUT2D eigenvalue weighted by Crippen LogP contribution is 2.28. The van der Waals surface area contributed by atoms with Crippen molar-refractivity contribution in [2.24, 2.45) is 5.92 Å². The molecule has 3 unspecified atom stereocenters. The first-order chi connectivity index (χ1) is 8.84. The summed E-state index contributed by atoms with van der Waals surface area (Å²) in [5.41, 5.74) is 0. The van der Waals surface area contributed by atoms with Gasteiger partial charge in [0, 0.05) is 37.9 Å². The molecule has 3 nitrogen and oxygen atoms in total. The summed E-state index contributed by atoms with van der Waals surface area (Å²) >= 11 is 0. The van der Waals surface area contributed by atoms with E-state index < -0.39 is 0 Å². The van der Waals surface area contributed by atoms with E-state index in [1.54, 1.807) is 0 Å². The smallest absolute Gasteiger partial charge is 0.0469 e. The van der Waals surface area contributed by atoms with E-state index in [2.05, 4.69) is 17.1 Å². The monoisotopic (exact) mass is 252 g/mol. The van der Waals surface area contributed by atoms with Crippen LogP contribution in [0.1, 0.15) is 45.4 Å². The molecule has 0 radical (unpaired) electrons. The van der Waals surface area contributed by atoms with Gasteiger partial charge in [-0.25, -0.2) is 0 Å². The van der Waals surface area contributed by atoms with E-state index in [-0.39, 0.29) is 0 Å². The maximum atomic E-state index is 5.47. The molecule has 3 atom stereocenters. The van der Waals surface area contributed by atoms with Crippen LogP contribution >= 0.6 is 0 Å². The Labute approximate surface area is 111 Å². The maximum absolute atomic E-state index is 5.47. The summed E-state index contributed by atoms with van der Waals surface area (Å²) in [4.78, 5) is 2.72. The Morgan fingerprint density at radius 2 is 1.89 bits per heavy atom. The molecular formula is C15H28N2O. The Hall–Kier alpha value is -0.120. The van der Waals surface area contributed by atoms with Crippen LogP contribution in [0.25, 0.3) is 0 Å². The average molecular weight is 252 g/mol. The van der Waals surface area contributed by atoms with E-state index in [1.165, 1.54) is 51.6 Å². The highest BCUT2D eigenvalue weighted by Gasteiger charge is 2.36. The van der Waals surface area contributed by atoms with Gasteiger partial charge in [0.2, 0.25) is 0 Å². The number of ether oxygens (including phenoxy) is 1. The van der Waals surface area contributed by atoms with Crippen molar-refractivity contribution in [2.75, 3.05) is 26.3 Å². The summed E-state index contributed by atoms with van der Waals surface area (Å²) in [7, 11) is 0. The summed E-state index contributed by atoms with van der Waals surface area (Å²) in [5, 5.41) is 3.95. The van der Waals surface area contributed by atoms with Crippen molar-refractivity contribution in [1.82, 2.24) is 10.2 Å². The third kappa shape index (κ3) is 2.73. The molecule has 3 aliphatic rings. The van der Waals surface area contributed by atoms with Crippen molar-refractivity contribution >= 4 is 0 Å². The lowest BCUT2D eigenvalue weighted by Gasteiger charge is -2.36. The molecule has 0 amide bonds. The average Bonchev–Trinajstić information content (AvgIpc) is 2.83. The van der Waals surface area contributed by atoms with Gasteiger partial charge in [-0.05, 0) is 51.5 Å². The zero-order chi connectivity index (χ0) is 12.4. The SMILES string of the molecule is CC(NC1CCN2CCCCC12)C1CCOCC1. The van der Waals surface area contributed by atoms with E-state index in [9.17, 15) is 0 Å². The standard InChI is InChI=1S/C15H28N2O/c1-12(13-6-10-18-11-7-13)16-14-5-9-17-8-3-2-4-15(14)17/h12-16H,2-11H2,1H3. The van der Waals surface area contributed by atoms with Crippen LogP contribution in [0.4, 0.5) is 0 Å². The molecule has 0 saturated carbocycles. The first kappa shape index (κ1) is 12.9. The van der Waals surface area contributed by atoms with Gasteiger partial charge in [0.1, 0.15) is 0 Å². The van der Waals surface area contributed by atoms with E-state index in [0.717, 1.165) is 31.2 Å². The lowest BCUT2D eigenvalue weighted by molar-refractivity contribution is 0.0530. The number of fused-ring (bicyclic) bond motifs is 1. The van der Waals surface area contributed by atoms with Gasteiger partial charge in [-0.15, -0.1) is 0 Å². The Morgan fingerprint density at radius 1 is 1.06 bits per heavy atom. The van der Waals surface area contributed by atoms with E-state index in [1.807, 2.05) is 0 Å². The normalized spacial score (nSPS) is 36.5. The number of nitrogens with one attached hydrogen (secondary N) is 1. The van der Waals surface area contributed by atoms with Gasteiger partial charge in [0.15, 0.2) is 0 Å². The Bertz CT molecular complexity index is 265. The molecule has 104 valence electrons. The highest BCUT2D eigenvalue weighted by molar-refractivity contribution is 4.95. The fraction of sp³-hybridized carbons (Fsp3) is 1.00. The molecule has 0 spiro atoms. The van der Waals surface area contributed by atoms with Crippen molar-refractivity contribution in [3.63, 3.8) is 0 Å². The van der Waals surface area contributed by atoms with Gasteiger partial charge in [0.05, 0.1) is 0 Å². The predicted molar refractivity (Wildman–Crippen MR) is 73.8 cm³/mol. The zero-order valence-corrected chi connectivity index (χ0v) is 11.7. The van der Waals surface area contributed by atoms with Crippen LogP contribution in [0.2, 0.25) is 0 Å². The first-order valence-corrected chi connectivity index (χ1v) is 7.92. The number of hydrogen-bond acceptors (Lipinski definition) is 3. The summed E-state index contributed by atoms with van der Waals surface area (Å²) in [6, 6.07) is 2.25. The molecular weight excluding hydrogens is 224 g/mol. The number of hydrogen-bond donors (Lipinski definition) is 1. The third-order valence-electron chi connectivity index (χ3n) is 5.31. The van der Waals surface area contributed by atoms with Gasteiger partial charge in [-0.1, -0.05) is 6.42 Å². The van der Waals surface area contributed by atoms with Gasteiger partial charge < -0.3 is 10.1 Å². The third-order valence-corrected chi connectivity index (χ3v) is 5.31. The lowest BCUT2D eigenvalue weighted by Crippen LogP contribution is -2.49. The van der Waals surface area contributed by atoms with E-state index in [4.69, 9.17) is 4.74 Å². The maximum Gasteiger partial charge on any atom is 0.0469 e. The lowest BCUT2D eigenvalue weighted by atomic mass is 9.91. The minimum Gasteiger partial charge on any atom is -0.381 e. The fourth-order valence-corrected chi connectivity index (χ4v) is 4.13. The Balaban J connectivity index is 1.52. The van der Waals surface area contributed by atoms with Crippen LogP contribution in [0.15, 0.2) is 0 Å². The topological polar surface area (TPSA) is 24.5 Å². The molecule has 18 heavy (non-hydrogen) atoms. The van der Waals surface area contributed by atoms with Crippen LogP contribution in [0.5, 0.6) is 0 Å². The molecule has 3 aliphatic heterocycles. The van der Waals surface area contributed by atoms with Crippen molar-refractivity contribution in [3.8, 4) is 0 Å². The highest BCUT2D eigenvalue weighted by atomic mass is 16.5.